The van der Waals surface area contributed by atoms with Crippen molar-refractivity contribution in [3.05, 3.63) is 51.1 Å². The molecule has 5 nitrogen and oxygen atoms in total. The summed E-state index contributed by atoms with van der Waals surface area (Å²) in [5.41, 5.74) is 3.27. The Hall–Kier alpha value is -2.30. The molecule has 0 aromatic carbocycles. The number of carboxylic acid groups (broad SMARTS) is 1. The van der Waals surface area contributed by atoms with Crippen molar-refractivity contribution in [3.63, 3.8) is 0 Å². The fourth-order valence-electron chi connectivity index (χ4n) is 2.07. The fourth-order valence-corrected chi connectivity index (χ4v) is 2.07. The first-order valence-corrected chi connectivity index (χ1v) is 6.13. The number of hydrogen-bond acceptors (Lipinski definition) is 3. The molecule has 0 atom stereocenters. The van der Waals surface area contributed by atoms with Crippen LogP contribution in [-0.2, 0) is 11.2 Å². The quantitative estimate of drug-likeness (QED) is 0.762. The Balaban J connectivity index is 2.51. The van der Waals surface area contributed by atoms with Crippen molar-refractivity contribution in [2.45, 2.75) is 20.3 Å². The molecule has 100 valence electrons. The summed E-state index contributed by atoms with van der Waals surface area (Å²) < 4.78 is 0. The van der Waals surface area contributed by atoms with E-state index in [2.05, 4.69) is 10.3 Å². The van der Waals surface area contributed by atoms with E-state index >= 15 is 0 Å². The molecular formula is C14H16N2O3. The zero-order valence-electron chi connectivity index (χ0n) is 10.9. The Morgan fingerprint density at radius 2 is 2.21 bits per heavy atom. The monoisotopic (exact) mass is 260 g/mol. The summed E-state index contributed by atoms with van der Waals surface area (Å²) in [6, 6.07) is 1.82. The van der Waals surface area contributed by atoms with Gasteiger partial charge in [0.15, 0.2) is 0 Å². The average molecular weight is 260 g/mol. The Labute approximate surface area is 110 Å². The minimum atomic E-state index is -0.934. The van der Waals surface area contributed by atoms with Gasteiger partial charge in [-0.15, -0.1) is 0 Å². The lowest BCUT2D eigenvalue weighted by atomic mass is 9.98. The molecule has 1 aromatic heterocycles. The van der Waals surface area contributed by atoms with Gasteiger partial charge in [-0.3, -0.25) is 4.79 Å². The maximum atomic E-state index is 11.7. The number of pyridine rings is 1. The largest absolute Gasteiger partial charge is 0.478 e. The summed E-state index contributed by atoms with van der Waals surface area (Å²) in [4.78, 5) is 25.5. The second-order valence-electron chi connectivity index (χ2n) is 4.47. The number of carbonyl (C=O) groups is 1. The van der Waals surface area contributed by atoms with Crippen LogP contribution in [0.3, 0.4) is 0 Å². The Bertz CT molecular complexity index is 639. The predicted molar refractivity (Wildman–Crippen MR) is 72.9 cm³/mol. The molecule has 19 heavy (non-hydrogen) atoms. The van der Waals surface area contributed by atoms with Gasteiger partial charge >= 0.3 is 5.97 Å². The number of aliphatic carboxylic acids is 1. The number of H-pyrrole nitrogens is 1. The first kappa shape index (κ1) is 13.1. The van der Waals surface area contributed by atoms with Crippen molar-refractivity contribution in [3.8, 4) is 0 Å². The topological polar surface area (TPSA) is 82.2 Å². The molecule has 3 N–H and O–H groups in total. The van der Waals surface area contributed by atoms with E-state index in [1.165, 1.54) is 0 Å². The zero-order valence-corrected chi connectivity index (χ0v) is 10.9. The molecule has 0 saturated heterocycles. The lowest BCUT2D eigenvalue weighted by Gasteiger charge is -2.15. The maximum absolute atomic E-state index is 11.7. The number of aromatic nitrogens is 1. The van der Waals surface area contributed by atoms with E-state index in [1.807, 2.05) is 13.0 Å². The number of dihydropyridines is 1. The van der Waals surface area contributed by atoms with E-state index in [0.717, 1.165) is 16.8 Å². The normalized spacial score (nSPS) is 14.4. The number of allylic oxidation sites excluding steroid dienone is 2. The first-order valence-electron chi connectivity index (χ1n) is 6.13. The Kier molecular flexibility index (Phi) is 3.55. The van der Waals surface area contributed by atoms with Gasteiger partial charge in [-0.25, -0.2) is 4.79 Å². The highest BCUT2D eigenvalue weighted by atomic mass is 16.4. The third kappa shape index (κ3) is 2.59. The van der Waals surface area contributed by atoms with Crippen LogP contribution in [0.5, 0.6) is 0 Å². The van der Waals surface area contributed by atoms with E-state index in [4.69, 9.17) is 5.11 Å². The third-order valence-electron chi connectivity index (χ3n) is 3.16. The van der Waals surface area contributed by atoms with Crippen LogP contribution in [-0.4, -0.2) is 22.6 Å². The van der Waals surface area contributed by atoms with Crippen molar-refractivity contribution >= 4 is 11.5 Å². The molecule has 0 aliphatic carbocycles. The smallest absolute Gasteiger partial charge is 0.333 e. The molecule has 5 heteroatoms. The number of nitrogens with one attached hydrogen (secondary N) is 2. The van der Waals surface area contributed by atoms with Crippen LogP contribution in [0.2, 0.25) is 0 Å². The Morgan fingerprint density at radius 1 is 1.47 bits per heavy atom. The van der Waals surface area contributed by atoms with Crippen LogP contribution in [0.25, 0.3) is 5.57 Å². The lowest BCUT2D eigenvalue weighted by Crippen LogP contribution is -2.21. The fraction of sp³-hybridized carbons (Fsp3) is 0.286. The van der Waals surface area contributed by atoms with Crippen LogP contribution in [0.4, 0.5) is 0 Å². The van der Waals surface area contributed by atoms with Crippen molar-refractivity contribution < 1.29 is 9.90 Å². The highest BCUT2D eigenvalue weighted by molar-refractivity contribution is 5.93. The SMILES string of the molecule is CCc1cc(C2=CNCC(C(=O)O)=C2)c(C)[nH]c1=O. The van der Waals surface area contributed by atoms with Gasteiger partial charge in [0.2, 0.25) is 0 Å². The standard InChI is InChI=1S/C14H16N2O3/c1-3-9-5-12(8(2)16-13(9)17)10-4-11(14(18)19)7-15-6-10/h4-6,15H,3,7H2,1-2H3,(H,16,17)(H,18,19). The summed E-state index contributed by atoms with van der Waals surface area (Å²) in [7, 11) is 0. The predicted octanol–water partition coefficient (Wildman–Crippen LogP) is 1.20. The van der Waals surface area contributed by atoms with E-state index in [9.17, 15) is 9.59 Å². The summed E-state index contributed by atoms with van der Waals surface area (Å²) in [6.45, 7) is 4.03. The number of aromatic amines is 1. The van der Waals surface area contributed by atoms with E-state index in [1.54, 1.807) is 19.2 Å². The number of carboxylic acids is 1. The first-order chi connectivity index (χ1) is 9.02. The van der Waals surface area contributed by atoms with Gasteiger partial charge in [0.05, 0.1) is 5.57 Å². The van der Waals surface area contributed by atoms with Crippen molar-refractivity contribution in [1.82, 2.24) is 10.3 Å². The molecule has 0 bridgehead atoms. The van der Waals surface area contributed by atoms with Gasteiger partial charge in [0.1, 0.15) is 0 Å². The minimum absolute atomic E-state index is 0.0874. The van der Waals surface area contributed by atoms with Crippen LogP contribution in [0, 0.1) is 6.92 Å². The average Bonchev–Trinajstić information content (AvgIpc) is 2.39. The molecule has 0 fully saturated rings. The van der Waals surface area contributed by atoms with Gasteiger partial charge in [0.25, 0.3) is 5.56 Å². The van der Waals surface area contributed by atoms with Crippen LogP contribution >= 0.6 is 0 Å². The van der Waals surface area contributed by atoms with Crippen LogP contribution < -0.4 is 10.9 Å². The van der Waals surface area contributed by atoms with Gasteiger partial charge in [-0.1, -0.05) is 6.92 Å². The maximum Gasteiger partial charge on any atom is 0.333 e. The van der Waals surface area contributed by atoms with Gasteiger partial charge < -0.3 is 15.4 Å². The third-order valence-corrected chi connectivity index (χ3v) is 3.16. The minimum Gasteiger partial charge on any atom is -0.478 e. The van der Waals surface area contributed by atoms with E-state index < -0.39 is 5.97 Å². The van der Waals surface area contributed by atoms with Gasteiger partial charge in [-0.2, -0.15) is 0 Å². The van der Waals surface area contributed by atoms with Crippen LogP contribution in [0.1, 0.15) is 23.7 Å². The molecule has 2 heterocycles. The van der Waals surface area contributed by atoms with E-state index in [-0.39, 0.29) is 5.56 Å². The molecule has 0 saturated carbocycles. The van der Waals surface area contributed by atoms with Crippen molar-refractivity contribution in [2.24, 2.45) is 0 Å². The van der Waals surface area contributed by atoms with Gasteiger partial charge in [-0.05, 0) is 31.1 Å². The molecule has 1 aromatic rings. The molecule has 2 rings (SSSR count). The second kappa shape index (κ2) is 5.14. The molecule has 0 amide bonds. The Morgan fingerprint density at radius 3 is 2.84 bits per heavy atom. The highest BCUT2D eigenvalue weighted by Crippen LogP contribution is 2.22. The number of rotatable bonds is 3. The number of hydrogen-bond donors (Lipinski definition) is 3. The molecule has 0 radical (unpaired) electrons. The molecule has 0 unspecified atom stereocenters. The lowest BCUT2D eigenvalue weighted by molar-refractivity contribution is -0.132. The van der Waals surface area contributed by atoms with Crippen molar-refractivity contribution in [1.29, 1.82) is 0 Å². The second-order valence-corrected chi connectivity index (χ2v) is 4.47. The number of aryl methyl sites for hydroxylation is 2. The van der Waals surface area contributed by atoms with Gasteiger partial charge in [0, 0.05) is 29.6 Å². The van der Waals surface area contributed by atoms with E-state index in [0.29, 0.717) is 24.1 Å². The molecular weight excluding hydrogens is 244 g/mol. The summed E-state index contributed by atoms with van der Waals surface area (Å²) in [5.74, 6) is -0.934. The van der Waals surface area contributed by atoms with Crippen molar-refractivity contribution in [2.75, 3.05) is 6.54 Å². The summed E-state index contributed by atoms with van der Waals surface area (Å²) in [6.07, 6.45) is 4.05. The summed E-state index contributed by atoms with van der Waals surface area (Å²) >= 11 is 0. The zero-order chi connectivity index (χ0) is 14.0. The summed E-state index contributed by atoms with van der Waals surface area (Å²) in [5, 5.41) is 12.0. The van der Waals surface area contributed by atoms with Crippen LogP contribution in [0.15, 0.2) is 28.7 Å². The molecule has 0 spiro atoms. The highest BCUT2D eigenvalue weighted by Gasteiger charge is 2.15. The molecule has 1 aliphatic heterocycles. The molecule has 1 aliphatic rings.